The molecule has 6 heteroatoms. The smallest absolute Gasteiger partial charge is 0.324 e. The molecule has 2 aromatic rings. The fourth-order valence-corrected chi connectivity index (χ4v) is 2.81. The van der Waals surface area contributed by atoms with Crippen LogP contribution >= 0.6 is 11.3 Å². The highest BCUT2D eigenvalue weighted by molar-refractivity contribution is 7.15. The van der Waals surface area contributed by atoms with Gasteiger partial charge in [-0.25, -0.2) is 0 Å². The Hall–Kier alpha value is -2.08. The van der Waals surface area contributed by atoms with Gasteiger partial charge in [-0.3, -0.25) is 10.1 Å². The van der Waals surface area contributed by atoms with Crippen molar-refractivity contribution < 1.29 is 9.66 Å². The third-order valence-electron chi connectivity index (χ3n) is 2.98. The van der Waals surface area contributed by atoms with Gasteiger partial charge in [0.05, 0.1) is 11.5 Å². The van der Waals surface area contributed by atoms with E-state index < -0.39 is 0 Å². The summed E-state index contributed by atoms with van der Waals surface area (Å²) in [7, 11) is 0. The third-order valence-corrected chi connectivity index (χ3v) is 4.02. The van der Waals surface area contributed by atoms with Crippen molar-refractivity contribution in [2.45, 2.75) is 13.0 Å². The zero-order chi connectivity index (χ0) is 13.2. The summed E-state index contributed by atoms with van der Waals surface area (Å²) < 4.78 is 5.45. The molecule has 0 atom stereocenters. The Morgan fingerprint density at radius 3 is 3.05 bits per heavy atom. The molecule has 5 nitrogen and oxygen atoms in total. The van der Waals surface area contributed by atoms with Gasteiger partial charge in [-0.2, -0.15) is 0 Å². The van der Waals surface area contributed by atoms with Gasteiger partial charge in [-0.05, 0) is 29.8 Å². The quantitative estimate of drug-likeness (QED) is 0.688. The van der Waals surface area contributed by atoms with Crippen molar-refractivity contribution in [3.05, 3.63) is 50.9 Å². The van der Waals surface area contributed by atoms with Gasteiger partial charge in [0.15, 0.2) is 0 Å². The van der Waals surface area contributed by atoms with Crippen molar-refractivity contribution in [1.82, 2.24) is 0 Å². The van der Waals surface area contributed by atoms with Crippen molar-refractivity contribution in [3.63, 3.8) is 0 Å². The van der Waals surface area contributed by atoms with Crippen LogP contribution in [0.15, 0.2) is 30.3 Å². The van der Waals surface area contributed by atoms with Crippen molar-refractivity contribution in [2.24, 2.45) is 0 Å². The maximum atomic E-state index is 10.6. The molecule has 0 aliphatic carbocycles. The summed E-state index contributed by atoms with van der Waals surface area (Å²) in [6.07, 6.45) is 0.940. The summed E-state index contributed by atoms with van der Waals surface area (Å²) in [5, 5.41) is 14.1. The highest BCUT2D eigenvalue weighted by Gasteiger charge is 2.12. The maximum absolute atomic E-state index is 10.6. The highest BCUT2D eigenvalue weighted by atomic mass is 32.1. The van der Waals surface area contributed by atoms with Crippen molar-refractivity contribution in [2.75, 3.05) is 11.9 Å². The minimum absolute atomic E-state index is 0.180. The van der Waals surface area contributed by atoms with Crippen LogP contribution in [0.3, 0.4) is 0 Å². The molecule has 1 aromatic carbocycles. The van der Waals surface area contributed by atoms with Crippen molar-refractivity contribution in [3.8, 4) is 5.75 Å². The highest BCUT2D eigenvalue weighted by Crippen LogP contribution is 2.29. The summed E-state index contributed by atoms with van der Waals surface area (Å²) in [6, 6.07) is 9.32. The van der Waals surface area contributed by atoms with Crippen LogP contribution in [0.1, 0.15) is 10.4 Å². The summed E-state index contributed by atoms with van der Waals surface area (Å²) in [5.41, 5.74) is 2.22. The SMILES string of the molecule is O=[N+]([O-])c1ccc(CNc2ccc3c(c2)CCO3)s1. The Morgan fingerprint density at radius 2 is 2.26 bits per heavy atom. The lowest BCUT2D eigenvalue weighted by Crippen LogP contribution is -1.97. The lowest BCUT2D eigenvalue weighted by Gasteiger charge is -2.06. The Morgan fingerprint density at radius 1 is 1.37 bits per heavy atom. The lowest BCUT2D eigenvalue weighted by molar-refractivity contribution is -0.380. The predicted molar refractivity (Wildman–Crippen MR) is 73.9 cm³/mol. The largest absolute Gasteiger partial charge is 0.493 e. The van der Waals surface area contributed by atoms with Gasteiger partial charge in [0, 0.05) is 29.6 Å². The summed E-state index contributed by atoms with van der Waals surface area (Å²) in [6.45, 7) is 1.34. The topological polar surface area (TPSA) is 64.4 Å². The van der Waals surface area contributed by atoms with E-state index in [9.17, 15) is 10.1 Å². The molecule has 1 aliphatic heterocycles. The zero-order valence-corrected chi connectivity index (χ0v) is 10.9. The van der Waals surface area contributed by atoms with E-state index in [4.69, 9.17) is 4.74 Å². The van der Waals surface area contributed by atoms with E-state index in [1.807, 2.05) is 12.1 Å². The van der Waals surface area contributed by atoms with Crippen molar-refractivity contribution in [1.29, 1.82) is 0 Å². The van der Waals surface area contributed by atoms with Gasteiger partial charge in [-0.1, -0.05) is 11.3 Å². The number of rotatable bonds is 4. The molecule has 1 aromatic heterocycles. The number of thiophene rings is 1. The van der Waals surface area contributed by atoms with E-state index in [2.05, 4.69) is 11.4 Å². The first-order chi connectivity index (χ1) is 9.22. The Bertz CT molecular complexity index is 624. The second-order valence-electron chi connectivity index (χ2n) is 4.27. The third kappa shape index (κ3) is 2.53. The average molecular weight is 276 g/mol. The maximum Gasteiger partial charge on any atom is 0.324 e. The number of nitrogens with one attached hydrogen (secondary N) is 1. The van der Waals surface area contributed by atoms with Crippen molar-refractivity contribution >= 4 is 22.0 Å². The van der Waals surface area contributed by atoms with Gasteiger partial charge >= 0.3 is 5.00 Å². The van der Waals surface area contributed by atoms with E-state index in [1.165, 1.54) is 23.0 Å². The molecule has 3 rings (SSSR count). The van der Waals surface area contributed by atoms with Gasteiger partial charge in [0.1, 0.15) is 5.75 Å². The fourth-order valence-electron chi connectivity index (χ4n) is 2.05. The number of ether oxygens (including phenoxy) is 1. The second-order valence-corrected chi connectivity index (χ2v) is 5.42. The van der Waals surface area contributed by atoms with Crippen LogP contribution < -0.4 is 10.1 Å². The molecule has 0 saturated carbocycles. The van der Waals surface area contributed by atoms with Crippen LogP contribution in [0.5, 0.6) is 5.75 Å². The molecule has 1 aliphatic rings. The Balaban J connectivity index is 1.67. The molecular weight excluding hydrogens is 264 g/mol. The number of hydrogen-bond donors (Lipinski definition) is 1. The van der Waals surface area contributed by atoms with Crippen LogP contribution in [0.2, 0.25) is 0 Å². The summed E-state index contributed by atoms with van der Waals surface area (Å²) >= 11 is 1.20. The summed E-state index contributed by atoms with van der Waals surface area (Å²) in [5.74, 6) is 0.956. The predicted octanol–water partition coefficient (Wildman–Crippen LogP) is 3.20. The minimum atomic E-state index is -0.360. The Labute approximate surface area is 114 Å². The Kier molecular flexibility index (Phi) is 3.08. The van der Waals surface area contributed by atoms with Gasteiger partial charge in [0.2, 0.25) is 0 Å². The van der Waals surface area contributed by atoms with Crippen LogP contribution in [-0.2, 0) is 13.0 Å². The van der Waals surface area contributed by atoms with Crippen LogP contribution in [0.25, 0.3) is 0 Å². The number of hydrogen-bond acceptors (Lipinski definition) is 5. The molecule has 0 fully saturated rings. The van der Waals surface area contributed by atoms with E-state index >= 15 is 0 Å². The number of fused-ring (bicyclic) bond motifs is 1. The summed E-state index contributed by atoms with van der Waals surface area (Å²) in [4.78, 5) is 11.2. The van der Waals surface area contributed by atoms with Gasteiger partial charge < -0.3 is 10.1 Å². The second kappa shape index (κ2) is 4.89. The molecule has 0 bridgehead atoms. The molecule has 0 saturated heterocycles. The molecule has 19 heavy (non-hydrogen) atoms. The number of benzene rings is 1. The fraction of sp³-hybridized carbons (Fsp3) is 0.231. The first-order valence-electron chi connectivity index (χ1n) is 5.95. The number of nitro groups is 1. The normalized spacial score (nSPS) is 12.8. The minimum Gasteiger partial charge on any atom is -0.493 e. The average Bonchev–Trinajstić information content (AvgIpc) is 3.04. The monoisotopic (exact) mass is 276 g/mol. The molecule has 0 spiro atoms. The molecule has 0 amide bonds. The molecular formula is C13H12N2O3S. The molecule has 0 radical (unpaired) electrons. The zero-order valence-electron chi connectivity index (χ0n) is 10.1. The molecule has 1 N–H and O–H groups in total. The first-order valence-corrected chi connectivity index (χ1v) is 6.77. The van der Waals surface area contributed by atoms with E-state index in [0.717, 1.165) is 29.3 Å². The van der Waals surface area contributed by atoms with Gasteiger partial charge in [0.25, 0.3) is 0 Å². The van der Waals surface area contributed by atoms with E-state index in [-0.39, 0.29) is 9.92 Å². The molecule has 98 valence electrons. The molecule has 0 unspecified atom stereocenters. The van der Waals surface area contributed by atoms with Crippen LogP contribution in [0, 0.1) is 10.1 Å². The van der Waals surface area contributed by atoms with Gasteiger partial charge in [-0.15, -0.1) is 0 Å². The van der Waals surface area contributed by atoms with Crippen LogP contribution in [0.4, 0.5) is 10.7 Å². The number of anilines is 1. The van der Waals surface area contributed by atoms with E-state index in [1.54, 1.807) is 6.07 Å². The number of nitrogens with zero attached hydrogens (tertiary/aromatic N) is 1. The van der Waals surface area contributed by atoms with Crippen LogP contribution in [-0.4, -0.2) is 11.5 Å². The standard InChI is InChI=1S/C13H12N2O3S/c16-15(17)13-4-2-11(19-13)8-14-10-1-3-12-9(7-10)5-6-18-12/h1-4,7,14H,5-6,8H2. The van der Waals surface area contributed by atoms with E-state index in [0.29, 0.717) is 6.54 Å². The lowest BCUT2D eigenvalue weighted by atomic mass is 10.1. The first kappa shape index (κ1) is 12.0. The molecule has 2 heterocycles.